The lowest BCUT2D eigenvalue weighted by atomic mass is 10.1. The zero-order chi connectivity index (χ0) is 14.0. The van der Waals surface area contributed by atoms with E-state index in [2.05, 4.69) is 5.32 Å². The molecule has 0 radical (unpaired) electrons. The van der Waals surface area contributed by atoms with E-state index in [0.29, 0.717) is 6.42 Å². The van der Waals surface area contributed by atoms with Gasteiger partial charge in [-0.3, -0.25) is 4.79 Å². The first-order chi connectivity index (χ1) is 8.91. The van der Waals surface area contributed by atoms with Gasteiger partial charge in [0.15, 0.2) is 21.4 Å². The maximum absolute atomic E-state index is 13.4. The molecule has 1 aromatic carbocycles. The van der Waals surface area contributed by atoms with Gasteiger partial charge in [0.05, 0.1) is 24.5 Å². The van der Waals surface area contributed by atoms with Crippen molar-refractivity contribution in [2.45, 2.75) is 6.42 Å². The third kappa shape index (κ3) is 3.23. The minimum absolute atomic E-state index is 0.0298. The molecule has 2 rings (SSSR count). The van der Waals surface area contributed by atoms with Gasteiger partial charge >= 0.3 is 0 Å². The highest BCUT2D eigenvalue weighted by Gasteiger charge is 2.32. The Labute approximate surface area is 110 Å². The normalized spacial score (nSPS) is 21.1. The number of carbonyl (C=O) groups is 1. The number of rotatable bonds is 3. The first kappa shape index (κ1) is 13.8. The van der Waals surface area contributed by atoms with E-state index in [-0.39, 0.29) is 22.9 Å². The molecule has 1 aromatic rings. The van der Waals surface area contributed by atoms with Gasteiger partial charge in [-0.25, -0.2) is 12.8 Å². The summed E-state index contributed by atoms with van der Waals surface area (Å²) in [4.78, 5) is 11.8. The molecule has 1 N–H and O–H groups in total. The summed E-state index contributed by atoms with van der Waals surface area (Å²) in [6, 6.07) is 4.04. The van der Waals surface area contributed by atoms with Crippen molar-refractivity contribution >= 4 is 21.4 Å². The fourth-order valence-electron chi connectivity index (χ4n) is 1.99. The number of halogens is 1. The van der Waals surface area contributed by atoms with Crippen LogP contribution in [-0.4, -0.2) is 32.9 Å². The molecule has 1 aliphatic heterocycles. The van der Waals surface area contributed by atoms with Crippen molar-refractivity contribution < 1.29 is 22.3 Å². The van der Waals surface area contributed by atoms with E-state index in [1.807, 2.05) is 0 Å². The number of hydrogen-bond acceptors (Lipinski definition) is 4. The van der Waals surface area contributed by atoms with Gasteiger partial charge in [-0.2, -0.15) is 0 Å². The van der Waals surface area contributed by atoms with Gasteiger partial charge < -0.3 is 10.1 Å². The third-order valence-corrected chi connectivity index (χ3v) is 4.79. The summed E-state index contributed by atoms with van der Waals surface area (Å²) < 4.78 is 40.8. The molecule has 7 heteroatoms. The Kier molecular flexibility index (Phi) is 3.75. The number of amides is 1. The van der Waals surface area contributed by atoms with E-state index in [9.17, 15) is 17.6 Å². The second-order valence-corrected chi connectivity index (χ2v) is 6.67. The molecule has 1 saturated heterocycles. The highest BCUT2D eigenvalue weighted by molar-refractivity contribution is 7.91. The topological polar surface area (TPSA) is 72.5 Å². The number of anilines is 1. The Morgan fingerprint density at radius 1 is 1.47 bits per heavy atom. The summed E-state index contributed by atoms with van der Waals surface area (Å²) in [5.41, 5.74) is 0.285. The van der Waals surface area contributed by atoms with Gasteiger partial charge in [-0.05, 0) is 18.6 Å². The van der Waals surface area contributed by atoms with Gasteiger partial charge in [0.1, 0.15) is 0 Å². The highest BCUT2D eigenvalue weighted by Crippen LogP contribution is 2.23. The molecule has 1 heterocycles. The van der Waals surface area contributed by atoms with Gasteiger partial charge in [-0.1, -0.05) is 0 Å². The standard InChI is InChI=1S/C12H14FNO4S/c1-18-11-3-2-9(6-10(11)13)14-12(15)8-4-5-19(16,17)7-8/h2-3,6,8H,4-5,7H2,1H3,(H,14,15). The van der Waals surface area contributed by atoms with Crippen LogP contribution in [0.2, 0.25) is 0 Å². The maximum Gasteiger partial charge on any atom is 0.228 e. The molecule has 1 unspecified atom stereocenters. The molecule has 0 saturated carbocycles. The molecule has 0 bridgehead atoms. The first-order valence-corrected chi connectivity index (χ1v) is 7.58. The maximum atomic E-state index is 13.4. The van der Waals surface area contributed by atoms with Crippen molar-refractivity contribution in [3.8, 4) is 5.75 Å². The predicted octanol–water partition coefficient (Wildman–Crippen LogP) is 1.21. The number of ether oxygens (including phenoxy) is 1. The van der Waals surface area contributed by atoms with Crippen molar-refractivity contribution in [1.29, 1.82) is 0 Å². The van der Waals surface area contributed by atoms with Crippen LogP contribution in [0.3, 0.4) is 0 Å². The van der Waals surface area contributed by atoms with Crippen molar-refractivity contribution in [3.63, 3.8) is 0 Å². The zero-order valence-corrected chi connectivity index (χ0v) is 11.2. The molecule has 5 nitrogen and oxygen atoms in total. The predicted molar refractivity (Wildman–Crippen MR) is 68.3 cm³/mol. The van der Waals surface area contributed by atoms with Crippen LogP contribution in [0, 0.1) is 11.7 Å². The fourth-order valence-corrected chi connectivity index (χ4v) is 3.73. The van der Waals surface area contributed by atoms with E-state index in [1.54, 1.807) is 0 Å². The number of hydrogen-bond donors (Lipinski definition) is 1. The molecule has 1 amide bonds. The quantitative estimate of drug-likeness (QED) is 0.907. The second-order valence-electron chi connectivity index (χ2n) is 4.44. The lowest BCUT2D eigenvalue weighted by Crippen LogP contribution is -2.23. The van der Waals surface area contributed by atoms with Crippen LogP contribution in [-0.2, 0) is 14.6 Å². The molecular formula is C12H14FNO4S. The van der Waals surface area contributed by atoms with Crippen LogP contribution in [0.4, 0.5) is 10.1 Å². The Hall–Kier alpha value is -1.63. The molecule has 0 aliphatic carbocycles. The summed E-state index contributed by atoms with van der Waals surface area (Å²) >= 11 is 0. The van der Waals surface area contributed by atoms with Crippen molar-refractivity contribution in [2.75, 3.05) is 23.9 Å². The number of benzene rings is 1. The van der Waals surface area contributed by atoms with E-state index in [0.717, 1.165) is 6.07 Å². The largest absolute Gasteiger partial charge is 0.494 e. The Morgan fingerprint density at radius 3 is 2.74 bits per heavy atom. The number of sulfone groups is 1. The summed E-state index contributed by atoms with van der Waals surface area (Å²) in [6.07, 6.45) is 0.312. The molecule has 19 heavy (non-hydrogen) atoms. The van der Waals surface area contributed by atoms with Crippen molar-refractivity contribution in [1.82, 2.24) is 0 Å². The molecule has 1 aliphatic rings. The number of carbonyl (C=O) groups excluding carboxylic acids is 1. The highest BCUT2D eigenvalue weighted by atomic mass is 32.2. The van der Waals surface area contributed by atoms with Crippen LogP contribution in [0.15, 0.2) is 18.2 Å². The molecule has 104 valence electrons. The van der Waals surface area contributed by atoms with E-state index >= 15 is 0 Å². The average Bonchev–Trinajstić information content (AvgIpc) is 2.70. The van der Waals surface area contributed by atoms with Crippen molar-refractivity contribution in [3.05, 3.63) is 24.0 Å². The van der Waals surface area contributed by atoms with Crippen molar-refractivity contribution in [2.24, 2.45) is 5.92 Å². The summed E-state index contributed by atoms with van der Waals surface area (Å²) in [5, 5.41) is 2.51. The molecule has 0 aromatic heterocycles. The molecular weight excluding hydrogens is 273 g/mol. The molecule has 1 fully saturated rings. The smallest absolute Gasteiger partial charge is 0.228 e. The number of methoxy groups -OCH3 is 1. The Bertz CT molecular complexity index is 600. The van der Waals surface area contributed by atoms with Crippen LogP contribution in [0.1, 0.15) is 6.42 Å². The second kappa shape index (κ2) is 5.16. The third-order valence-electron chi connectivity index (χ3n) is 3.02. The van der Waals surface area contributed by atoms with Gasteiger partial charge in [-0.15, -0.1) is 0 Å². The van der Waals surface area contributed by atoms with Crippen LogP contribution in [0.5, 0.6) is 5.75 Å². The van der Waals surface area contributed by atoms with Crippen LogP contribution >= 0.6 is 0 Å². The molecule has 1 atom stereocenters. The molecule has 0 spiro atoms. The Balaban J connectivity index is 2.05. The van der Waals surface area contributed by atoms with E-state index in [4.69, 9.17) is 4.74 Å². The monoisotopic (exact) mass is 287 g/mol. The van der Waals surface area contributed by atoms with E-state index in [1.165, 1.54) is 19.2 Å². The lowest BCUT2D eigenvalue weighted by Gasteiger charge is -2.10. The first-order valence-electron chi connectivity index (χ1n) is 5.76. The Morgan fingerprint density at radius 2 is 2.21 bits per heavy atom. The lowest BCUT2D eigenvalue weighted by molar-refractivity contribution is -0.119. The zero-order valence-electron chi connectivity index (χ0n) is 10.3. The minimum Gasteiger partial charge on any atom is -0.494 e. The van der Waals surface area contributed by atoms with Crippen LogP contribution < -0.4 is 10.1 Å². The SMILES string of the molecule is COc1ccc(NC(=O)C2CCS(=O)(=O)C2)cc1F. The fraction of sp³-hybridized carbons (Fsp3) is 0.417. The van der Waals surface area contributed by atoms with Crippen LogP contribution in [0.25, 0.3) is 0 Å². The summed E-state index contributed by atoms with van der Waals surface area (Å²) in [5.74, 6) is -1.57. The number of nitrogens with one attached hydrogen (secondary N) is 1. The van der Waals surface area contributed by atoms with E-state index < -0.39 is 27.5 Å². The minimum atomic E-state index is -3.11. The average molecular weight is 287 g/mol. The van der Waals surface area contributed by atoms with Gasteiger partial charge in [0.25, 0.3) is 0 Å². The summed E-state index contributed by atoms with van der Waals surface area (Å²) in [7, 11) is -1.76. The van der Waals surface area contributed by atoms with Gasteiger partial charge in [0, 0.05) is 11.8 Å². The summed E-state index contributed by atoms with van der Waals surface area (Å²) in [6.45, 7) is 0. The van der Waals surface area contributed by atoms with Gasteiger partial charge in [0.2, 0.25) is 5.91 Å².